The number of ether oxygens (including phenoxy) is 1. The summed E-state index contributed by atoms with van der Waals surface area (Å²) in [7, 11) is 1.73. The van der Waals surface area contributed by atoms with Gasteiger partial charge in [0.15, 0.2) is 0 Å². The van der Waals surface area contributed by atoms with Crippen LogP contribution in [0.4, 0.5) is 0 Å². The fourth-order valence-corrected chi connectivity index (χ4v) is 2.52. The average molecular weight is 249 g/mol. The van der Waals surface area contributed by atoms with Gasteiger partial charge in [-0.3, -0.25) is 0 Å². The van der Waals surface area contributed by atoms with Crippen LogP contribution in [0.5, 0.6) is 5.75 Å². The summed E-state index contributed by atoms with van der Waals surface area (Å²) in [5.41, 5.74) is 9.95. The first-order chi connectivity index (χ1) is 8.51. The van der Waals surface area contributed by atoms with Crippen molar-refractivity contribution in [3.05, 3.63) is 28.8 Å². The van der Waals surface area contributed by atoms with E-state index in [9.17, 15) is 0 Å². The van der Waals surface area contributed by atoms with E-state index in [1.54, 1.807) is 7.11 Å². The Balaban J connectivity index is 2.96. The maximum absolute atomic E-state index is 5.87. The molecule has 0 aliphatic rings. The van der Waals surface area contributed by atoms with Crippen molar-refractivity contribution in [1.29, 1.82) is 0 Å². The van der Waals surface area contributed by atoms with Crippen molar-refractivity contribution in [2.45, 2.75) is 58.9 Å². The van der Waals surface area contributed by atoms with E-state index in [1.807, 2.05) is 0 Å². The zero-order valence-electron chi connectivity index (χ0n) is 12.4. The number of hydrogen-bond acceptors (Lipinski definition) is 2. The van der Waals surface area contributed by atoms with Gasteiger partial charge in [0.25, 0.3) is 0 Å². The molecule has 2 nitrogen and oxygen atoms in total. The summed E-state index contributed by atoms with van der Waals surface area (Å²) in [5.74, 6) is 1.60. The van der Waals surface area contributed by atoms with Crippen LogP contribution in [0.15, 0.2) is 12.1 Å². The Hall–Kier alpha value is -1.02. The summed E-state index contributed by atoms with van der Waals surface area (Å²) in [6.07, 6.45) is 3.42. The maximum Gasteiger partial charge on any atom is 0.122 e. The minimum Gasteiger partial charge on any atom is -0.496 e. The smallest absolute Gasteiger partial charge is 0.122 e. The molecule has 0 amide bonds. The van der Waals surface area contributed by atoms with E-state index in [1.165, 1.54) is 29.5 Å². The number of rotatable bonds is 6. The van der Waals surface area contributed by atoms with Crippen LogP contribution in [0.25, 0.3) is 0 Å². The van der Waals surface area contributed by atoms with Gasteiger partial charge >= 0.3 is 0 Å². The lowest BCUT2D eigenvalue weighted by Crippen LogP contribution is -2.16. The van der Waals surface area contributed by atoms with Gasteiger partial charge in [0.1, 0.15) is 5.75 Å². The molecule has 0 bridgehead atoms. The third-order valence-corrected chi connectivity index (χ3v) is 3.90. The molecular weight excluding hydrogens is 222 g/mol. The van der Waals surface area contributed by atoms with Gasteiger partial charge in [-0.1, -0.05) is 13.0 Å². The fraction of sp³-hybridized carbons (Fsp3) is 0.625. The lowest BCUT2D eigenvalue weighted by atomic mass is 9.86. The predicted molar refractivity (Wildman–Crippen MR) is 78.4 cm³/mol. The van der Waals surface area contributed by atoms with Gasteiger partial charge in [-0.15, -0.1) is 0 Å². The Kier molecular flexibility index (Phi) is 5.67. The fourth-order valence-electron chi connectivity index (χ4n) is 2.52. The Morgan fingerprint density at radius 1 is 1.17 bits per heavy atom. The van der Waals surface area contributed by atoms with Gasteiger partial charge in [-0.25, -0.2) is 0 Å². The summed E-state index contributed by atoms with van der Waals surface area (Å²) in [6, 6.07) is 4.60. The van der Waals surface area contributed by atoms with E-state index in [0.717, 1.165) is 12.2 Å². The second-order valence-corrected chi connectivity index (χ2v) is 5.27. The van der Waals surface area contributed by atoms with Crippen LogP contribution in [-0.2, 0) is 0 Å². The minimum atomic E-state index is 0.290. The van der Waals surface area contributed by atoms with Crippen LogP contribution in [0.1, 0.15) is 55.7 Å². The molecule has 0 aliphatic carbocycles. The zero-order valence-corrected chi connectivity index (χ0v) is 12.4. The molecule has 1 rings (SSSR count). The van der Waals surface area contributed by atoms with E-state index in [0.29, 0.717) is 12.0 Å². The lowest BCUT2D eigenvalue weighted by molar-refractivity contribution is 0.410. The molecule has 2 heteroatoms. The first-order valence-corrected chi connectivity index (χ1v) is 6.90. The predicted octanol–water partition coefficient (Wildman–Crippen LogP) is 3.93. The van der Waals surface area contributed by atoms with Gasteiger partial charge in [-0.05, 0) is 68.7 Å². The molecule has 0 fully saturated rings. The molecular formula is C16H27NO. The van der Waals surface area contributed by atoms with Crippen molar-refractivity contribution in [2.24, 2.45) is 5.73 Å². The van der Waals surface area contributed by atoms with Crippen molar-refractivity contribution < 1.29 is 4.74 Å². The first kappa shape index (κ1) is 15.0. The molecule has 0 radical (unpaired) electrons. The van der Waals surface area contributed by atoms with Crippen molar-refractivity contribution in [1.82, 2.24) is 0 Å². The Bertz CT molecular complexity index is 385. The monoisotopic (exact) mass is 249 g/mol. The van der Waals surface area contributed by atoms with Crippen LogP contribution in [0.3, 0.4) is 0 Å². The van der Waals surface area contributed by atoms with Gasteiger partial charge in [0.2, 0.25) is 0 Å². The minimum absolute atomic E-state index is 0.290. The van der Waals surface area contributed by atoms with Crippen LogP contribution >= 0.6 is 0 Å². The Morgan fingerprint density at radius 3 is 2.33 bits per heavy atom. The normalized spacial score (nSPS) is 14.3. The highest BCUT2D eigenvalue weighted by Crippen LogP contribution is 2.32. The second-order valence-electron chi connectivity index (χ2n) is 5.27. The van der Waals surface area contributed by atoms with Crippen molar-refractivity contribution in [2.75, 3.05) is 7.11 Å². The molecule has 1 aromatic carbocycles. The molecule has 0 aliphatic heterocycles. The highest BCUT2D eigenvalue weighted by Gasteiger charge is 2.15. The van der Waals surface area contributed by atoms with Crippen LogP contribution in [0, 0.1) is 13.8 Å². The van der Waals surface area contributed by atoms with Gasteiger partial charge in [-0.2, -0.15) is 0 Å². The van der Waals surface area contributed by atoms with E-state index < -0.39 is 0 Å². The molecule has 0 saturated heterocycles. The lowest BCUT2D eigenvalue weighted by Gasteiger charge is -2.21. The summed E-state index contributed by atoms with van der Waals surface area (Å²) >= 11 is 0. The molecule has 0 heterocycles. The van der Waals surface area contributed by atoms with Crippen LogP contribution in [0.2, 0.25) is 0 Å². The number of methoxy groups -OCH3 is 1. The molecule has 0 aromatic heterocycles. The van der Waals surface area contributed by atoms with E-state index in [2.05, 4.69) is 39.8 Å². The van der Waals surface area contributed by atoms with Gasteiger partial charge < -0.3 is 10.5 Å². The second kappa shape index (κ2) is 6.79. The highest BCUT2D eigenvalue weighted by atomic mass is 16.5. The zero-order chi connectivity index (χ0) is 13.7. The molecule has 2 unspecified atom stereocenters. The molecule has 0 saturated carbocycles. The standard InChI is InChI=1S/C16H27NO/c1-6-14(8-7-11(2)17)15-9-10-16(18-5)13(4)12(15)3/h9-11,14H,6-8,17H2,1-5H3. The quantitative estimate of drug-likeness (QED) is 0.829. The van der Waals surface area contributed by atoms with E-state index in [4.69, 9.17) is 10.5 Å². The van der Waals surface area contributed by atoms with E-state index >= 15 is 0 Å². The number of hydrogen-bond donors (Lipinski definition) is 1. The van der Waals surface area contributed by atoms with Crippen molar-refractivity contribution in [3.63, 3.8) is 0 Å². The van der Waals surface area contributed by atoms with Crippen LogP contribution < -0.4 is 10.5 Å². The van der Waals surface area contributed by atoms with Gasteiger partial charge in [0.05, 0.1) is 7.11 Å². The largest absolute Gasteiger partial charge is 0.496 e. The molecule has 2 atom stereocenters. The third-order valence-electron chi connectivity index (χ3n) is 3.90. The van der Waals surface area contributed by atoms with Crippen molar-refractivity contribution in [3.8, 4) is 5.75 Å². The SMILES string of the molecule is CCC(CCC(C)N)c1ccc(OC)c(C)c1C. The highest BCUT2D eigenvalue weighted by molar-refractivity contribution is 5.44. The van der Waals surface area contributed by atoms with Gasteiger partial charge in [0, 0.05) is 6.04 Å². The topological polar surface area (TPSA) is 35.2 Å². The number of nitrogens with two attached hydrogens (primary N) is 1. The molecule has 1 aromatic rings. The summed E-state index contributed by atoms with van der Waals surface area (Å²) in [6.45, 7) is 8.67. The Labute approximate surface area is 112 Å². The summed E-state index contributed by atoms with van der Waals surface area (Å²) in [5, 5.41) is 0. The third kappa shape index (κ3) is 3.49. The molecule has 2 N–H and O–H groups in total. The molecule has 18 heavy (non-hydrogen) atoms. The summed E-state index contributed by atoms with van der Waals surface area (Å²) in [4.78, 5) is 0. The molecule has 102 valence electrons. The Morgan fingerprint density at radius 2 is 1.83 bits per heavy atom. The first-order valence-electron chi connectivity index (χ1n) is 6.90. The van der Waals surface area contributed by atoms with Crippen LogP contribution in [-0.4, -0.2) is 13.2 Å². The number of benzene rings is 1. The molecule has 0 spiro atoms. The van der Waals surface area contributed by atoms with E-state index in [-0.39, 0.29) is 0 Å². The van der Waals surface area contributed by atoms with Crippen molar-refractivity contribution >= 4 is 0 Å². The summed E-state index contributed by atoms with van der Waals surface area (Å²) < 4.78 is 5.37. The maximum atomic E-state index is 5.87. The average Bonchev–Trinajstić information content (AvgIpc) is 2.34.